The molecule has 0 heterocycles. The molecule has 0 bridgehead atoms. The van der Waals surface area contributed by atoms with Gasteiger partial charge in [0.1, 0.15) is 0 Å². The zero-order chi connectivity index (χ0) is 13.5. The first-order chi connectivity index (χ1) is 6.00. The summed E-state index contributed by atoms with van der Waals surface area (Å²) in [5.74, 6) is 0. The van der Waals surface area contributed by atoms with Crippen LogP contribution in [-0.2, 0) is 31.2 Å². The van der Waals surface area contributed by atoms with Crippen molar-refractivity contribution in [1.29, 1.82) is 0 Å². The Morgan fingerprint density at radius 1 is 0.421 bits per heavy atom. The van der Waals surface area contributed by atoms with E-state index < -0.39 is 31.2 Å². The molecule has 0 aliphatic carbocycles. The van der Waals surface area contributed by atoms with Gasteiger partial charge in [-0.25, -0.2) is 0 Å². The standard InChI is InChI=1S/3Ca.3H2O4S.H2O/c;;;3*1-5(2,3)4;/h;;;3*(H2,1,2,3,4);1H2/q3*+2;;;;/p-6. The van der Waals surface area contributed by atoms with Gasteiger partial charge < -0.3 is 32.8 Å². The van der Waals surface area contributed by atoms with E-state index in [4.69, 9.17) is 52.6 Å². The van der Waals surface area contributed by atoms with Crippen LogP contribution in [0.25, 0.3) is 0 Å². The van der Waals surface area contributed by atoms with Crippen molar-refractivity contribution in [3.8, 4) is 0 Å². The summed E-state index contributed by atoms with van der Waals surface area (Å²) in [4.78, 5) is 0. The molecule has 0 amide bonds. The molecule has 0 radical (unpaired) electrons. The van der Waals surface area contributed by atoms with Gasteiger partial charge in [-0.2, -0.15) is 0 Å². The molecular formula is H2Ca3O13S3. The second-order valence-corrected chi connectivity index (χ2v) is 3.67. The summed E-state index contributed by atoms with van der Waals surface area (Å²) in [6.07, 6.45) is 0. The zero-order valence-electron chi connectivity index (χ0n) is 8.75. The van der Waals surface area contributed by atoms with Crippen LogP contribution in [0.15, 0.2) is 0 Å². The third-order valence-corrected chi connectivity index (χ3v) is 0. The van der Waals surface area contributed by atoms with E-state index >= 15 is 0 Å². The van der Waals surface area contributed by atoms with E-state index in [0.717, 1.165) is 0 Å². The van der Waals surface area contributed by atoms with Crippen LogP contribution in [0.4, 0.5) is 0 Å². The Hall–Kier alpha value is 3.35. The maximum absolute atomic E-state index is 8.52. The van der Waals surface area contributed by atoms with Crippen LogP contribution in [0.3, 0.4) is 0 Å². The molecule has 0 aromatic rings. The van der Waals surface area contributed by atoms with E-state index in [1.165, 1.54) is 0 Å². The second kappa shape index (κ2) is 19.4. The van der Waals surface area contributed by atoms with Gasteiger partial charge in [0.05, 0.1) is 0 Å². The molecule has 0 aliphatic rings. The van der Waals surface area contributed by atoms with E-state index in [0.29, 0.717) is 0 Å². The molecule has 0 spiro atoms. The second-order valence-electron chi connectivity index (χ2n) is 1.22. The van der Waals surface area contributed by atoms with Crippen LogP contribution in [0.5, 0.6) is 0 Å². The Kier molecular flexibility index (Phi) is 44.1. The summed E-state index contributed by atoms with van der Waals surface area (Å²) < 4.78 is 102. The molecule has 0 unspecified atom stereocenters. The summed E-state index contributed by atoms with van der Waals surface area (Å²) in [6.45, 7) is 0. The molecule has 13 nitrogen and oxygen atoms in total. The SMILES string of the molecule is O.O=S(=O)([O-])[O-].O=S(=O)([O-])[O-].O=S(=O)([O-])[O-].[Ca+2].[Ca+2].[Ca+2]. The van der Waals surface area contributed by atoms with Gasteiger partial charge in [-0.1, -0.05) is 0 Å². The first-order valence-corrected chi connectivity index (χ1v) is 6.00. The minimum atomic E-state index is -5.17. The van der Waals surface area contributed by atoms with Crippen LogP contribution in [-0.4, -0.2) is 171 Å². The average molecular weight is 426 g/mol. The Labute approximate surface area is 198 Å². The monoisotopic (exact) mass is 426 g/mol. The predicted octanol–water partition coefficient (Wildman–Crippen LogP) is -5.98. The summed E-state index contributed by atoms with van der Waals surface area (Å²) in [5, 5.41) is 0. The number of hydrogen-bond acceptors (Lipinski definition) is 12. The molecule has 2 N–H and O–H groups in total. The minimum absolute atomic E-state index is 0. The average Bonchev–Trinajstić information content (AvgIpc) is 1.41. The van der Waals surface area contributed by atoms with Crippen molar-refractivity contribution in [2.24, 2.45) is 0 Å². The Morgan fingerprint density at radius 2 is 0.421 bits per heavy atom. The fourth-order valence-electron chi connectivity index (χ4n) is 0. The smallest absolute Gasteiger partial charge is 0.759 e. The maximum atomic E-state index is 8.52. The first-order valence-electron chi connectivity index (χ1n) is 2.00. The fraction of sp³-hybridized carbons (Fsp3) is 0. The van der Waals surface area contributed by atoms with Gasteiger partial charge >= 0.3 is 113 Å². The van der Waals surface area contributed by atoms with E-state index in [1.54, 1.807) is 0 Å². The van der Waals surface area contributed by atoms with E-state index in [2.05, 4.69) is 0 Å². The quantitative estimate of drug-likeness (QED) is 0.199. The van der Waals surface area contributed by atoms with Crippen LogP contribution in [0.1, 0.15) is 0 Å². The van der Waals surface area contributed by atoms with Crippen molar-refractivity contribution in [1.82, 2.24) is 0 Å². The molecule has 19 heteroatoms. The van der Waals surface area contributed by atoms with E-state index in [9.17, 15) is 0 Å². The zero-order valence-corrected chi connectivity index (χ0v) is 17.8. The molecule has 0 aromatic carbocycles. The predicted molar refractivity (Wildman–Crippen MR) is 52.3 cm³/mol. The molecule has 104 valence electrons. The van der Waals surface area contributed by atoms with Gasteiger partial charge in [-0.05, 0) is 0 Å². The van der Waals surface area contributed by atoms with E-state index in [-0.39, 0.29) is 119 Å². The summed E-state index contributed by atoms with van der Waals surface area (Å²) in [6, 6.07) is 0. The van der Waals surface area contributed by atoms with Gasteiger partial charge in [-0.15, -0.1) is 0 Å². The van der Waals surface area contributed by atoms with Gasteiger partial charge in [0, 0.05) is 31.2 Å². The largest absolute Gasteiger partial charge is 2.00 e. The minimum Gasteiger partial charge on any atom is -0.759 e. The van der Waals surface area contributed by atoms with Crippen LogP contribution in [0, 0.1) is 0 Å². The van der Waals surface area contributed by atoms with Crippen molar-refractivity contribution < 1.29 is 58.0 Å². The molecule has 0 saturated heterocycles. The Morgan fingerprint density at radius 3 is 0.421 bits per heavy atom. The van der Waals surface area contributed by atoms with Crippen LogP contribution < -0.4 is 0 Å². The van der Waals surface area contributed by atoms with Crippen LogP contribution >= 0.6 is 0 Å². The maximum Gasteiger partial charge on any atom is 2.00 e. The molecular weight excluding hydrogens is 424 g/mol. The van der Waals surface area contributed by atoms with E-state index in [1.807, 2.05) is 0 Å². The van der Waals surface area contributed by atoms with Crippen molar-refractivity contribution in [3.63, 3.8) is 0 Å². The molecule has 0 aliphatic heterocycles. The van der Waals surface area contributed by atoms with Crippen molar-refractivity contribution in [2.75, 3.05) is 0 Å². The van der Waals surface area contributed by atoms with Gasteiger partial charge in [0.15, 0.2) is 0 Å². The molecule has 19 heavy (non-hydrogen) atoms. The third kappa shape index (κ3) is 713. The topological polar surface area (TPSA) is 272 Å². The fourth-order valence-corrected chi connectivity index (χ4v) is 0. The first kappa shape index (κ1) is 43.2. The van der Waals surface area contributed by atoms with Crippen molar-refractivity contribution in [3.05, 3.63) is 0 Å². The van der Waals surface area contributed by atoms with Crippen molar-refractivity contribution in [2.45, 2.75) is 0 Å². The summed E-state index contributed by atoms with van der Waals surface area (Å²) >= 11 is 0. The molecule has 0 fully saturated rings. The van der Waals surface area contributed by atoms with Gasteiger partial charge in [0.25, 0.3) is 0 Å². The molecule has 0 rings (SSSR count). The summed E-state index contributed by atoms with van der Waals surface area (Å²) in [5.41, 5.74) is 0. The Balaban J connectivity index is -0.0000000206. The number of hydrogen-bond donors (Lipinski definition) is 0. The summed E-state index contributed by atoms with van der Waals surface area (Å²) in [7, 11) is -15.5. The molecule has 0 atom stereocenters. The molecule has 0 saturated carbocycles. The van der Waals surface area contributed by atoms with Crippen molar-refractivity contribution >= 4 is 144 Å². The van der Waals surface area contributed by atoms with Crippen LogP contribution in [0.2, 0.25) is 0 Å². The van der Waals surface area contributed by atoms with Gasteiger partial charge in [0.2, 0.25) is 0 Å². The molecule has 0 aromatic heterocycles. The third-order valence-electron chi connectivity index (χ3n) is 0. The normalized spacial score (nSPS) is 9.16. The Bertz CT molecular complexity index is 344. The number of rotatable bonds is 0. The van der Waals surface area contributed by atoms with Gasteiger partial charge in [-0.3, -0.25) is 25.3 Å².